The highest BCUT2D eigenvalue weighted by Gasteiger charge is 2.17. The largest absolute Gasteiger partial charge is 0.465 e. The van der Waals surface area contributed by atoms with E-state index in [1.54, 1.807) is 6.20 Å². The number of esters is 1. The highest BCUT2D eigenvalue weighted by atomic mass is 35.5. The number of benzene rings is 2. The fourth-order valence-electron chi connectivity index (χ4n) is 3.60. The van der Waals surface area contributed by atoms with Crippen LogP contribution in [0.3, 0.4) is 0 Å². The minimum absolute atomic E-state index is 0.0847. The van der Waals surface area contributed by atoms with Crippen molar-refractivity contribution in [1.29, 1.82) is 0 Å². The van der Waals surface area contributed by atoms with Crippen molar-refractivity contribution in [2.45, 2.75) is 0 Å². The van der Waals surface area contributed by atoms with E-state index < -0.39 is 11.5 Å². The van der Waals surface area contributed by atoms with Crippen LogP contribution in [0.1, 0.15) is 10.4 Å². The third-order valence-electron chi connectivity index (χ3n) is 5.09. The van der Waals surface area contributed by atoms with Gasteiger partial charge in [-0.25, -0.2) is 9.78 Å². The molecule has 0 aliphatic carbocycles. The summed E-state index contributed by atoms with van der Waals surface area (Å²) in [4.78, 5) is 31.8. The maximum absolute atomic E-state index is 12.4. The number of methoxy groups -OCH3 is 1. The number of ether oxygens (including phenoxy) is 1. The number of halogens is 1. The molecule has 152 valence electrons. The molecule has 2 N–H and O–H groups in total. The Bertz CT molecular complexity index is 1520. The average Bonchev–Trinajstić information content (AvgIpc) is 3.27. The van der Waals surface area contributed by atoms with E-state index in [4.69, 9.17) is 21.3 Å². The maximum Gasteiger partial charge on any atom is 0.343 e. The van der Waals surface area contributed by atoms with Crippen molar-refractivity contribution in [3.8, 4) is 22.4 Å². The third kappa shape index (κ3) is 3.25. The fourth-order valence-corrected chi connectivity index (χ4v) is 3.87. The Balaban J connectivity index is 1.84. The van der Waals surface area contributed by atoms with Gasteiger partial charge in [0.2, 0.25) is 0 Å². The summed E-state index contributed by atoms with van der Waals surface area (Å²) in [6, 6.07) is 16.8. The van der Waals surface area contributed by atoms with Gasteiger partial charge in [-0.15, -0.1) is 0 Å². The predicted octanol–water partition coefficient (Wildman–Crippen LogP) is 4.57. The molecule has 3 aromatic heterocycles. The van der Waals surface area contributed by atoms with Crippen LogP contribution in [0.2, 0.25) is 5.02 Å². The van der Waals surface area contributed by atoms with Gasteiger partial charge in [-0.2, -0.15) is 5.10 Å². The summed E-state index contributed by atoms with van der Waals surface area (Å²) in [5, 5.41) is 8.93. The molecule has 7 nitrogen and oxygen atoms in total. The molecule has 0 aliphatic rings. The number of nitrogens with one attached hydrogen (secondary N) is 2. The van der Waals surface area contributed by atoms with Gasteiger partial charge in [0.25, 0.3) is 5.56 Å². The number of rotatable bonds is 3. The highest BCUT2D eigenvalue weighted by molar-refractivity contribution is 6.35. The number of carbonyl (C=O) groups is 1. The number of pyridine rings is 2. The number of fused-ring (bicyclic) bond motifs is 2. The first kappa shape index (κ1) is 19.0. The van der Waals surface area contributed by atoms with E-state index in [1.807, 2.05) is 48.5 Å². The van der Waals surface area contributed by atoms with Gasteiger partial charge in [0.05, 0.1) is 29.5 Å². The zero-order chi connectivity index (χ0) is 21.5. The minimum atomic E-state index is -0.709. The lowest BCUT2D eigenvalue weighted by Crippen LogP contribution is -2.19. The van der Waals surface area contributed by atoms with E-state index in [0.717, 1.165) is 27.6 Å². The van der Waals surface area contributed by atoms with E-state index in [9.17, 15) is 9.59 Å². The van der Waals surface area contributed by atoms with Crippen molar-refractivity contribution >= 4 is 39.5 Å². The molecule has 0 aliphatic heterocycles. The molecule has 8 heteroatoms. The predicted molar refractivity (Wildman–Crippen MR) is 119 cm³/mol. The SMILES string of the molecule is COC(=O)c1cc2cc(-c3cc(Cl)c4[nH]ncc4c3)c(-c3ccccc3)nc2[nH]c1=O. The molecule has 0 unspecified atom stereocenters. The molecule has 3 heterocycles. The van der Waals surface area contributed by atoms with Crippen molar-refractivity contribution in [3.63, 3.8) is 0 Å². The quantitative estimate of drug-likeness (QED) is 0.408. The topological polar surface area (TPSA) is 101 Å². The third-order valence-corrected chi connectivity index (χ3v) is 5.39. The second-order valence-electron chi connectivity index (χ2n) is 6.98. The minimum Gasteiger partial charge on any atom is -0.465 e. The van der Waals surface area contributed by atoms with Gasteiger partial charge in [-0.05, 0) is 29.8 Å². The second-order valence-corrected chi connectivity index (χ2v) is 7.39. The van der Waals surface area contributed by atoms with E-state index in [2.05, 4.69) is 15.2 Å². The van der Waals surface area contributed by atoms with E-state index in [0.29, 0.717) is 21.7 Å². The summed E-state index contributed by atoms with van der Waals surface area (Å²) in [5.74, 6) is -0.709. The molecule has 5 rings (SSSR count). The molecular formula is C23H15ClN4O3. The Hall–Kier alpha value is -3.97. The zero-order valence-electron chi connectivity index (χ0n) is 16.3. The van der Waals surface area contributed by atoms with Crippen LogP contribution in [0.15, 0.2) is 65.6 Å². The summed E-state index contributed by atoms with van der Waals surface area (Å²) in [6.07, 6.45) is 1.70. The molecule has 0 radical (unpaired) electrons. The molecule has 0 fully saturated rings. The molecule has 0 saturated heterocycles. The van der Waals surface area contributed by atoms with Crippen LogP contribution in [-0.4, -0.2) is 33.2 Å². The Kier molecular flexibility index (Phi) is 4.52. The Morgan fingerprint density at radius 3 is 2.61 bits per heavy atom. The van der Waals surface area contributed by atoms with Crippen LogP contribution in [-0.2, 0) is 4.74 Å². The first-order valence-corrected chi connectivity index (χ1v) is 9.78. The molecule has 31 heavy (non-hydrogen) atoms. The highest BCUT2D eigenvalue weighted by Crippen LogP contribution is 2.36. The Morgan fingerprint density at radius 2 is 1.84 bits per heavy atom. The van der Waals surface area contributed by atoms with Gasteiger partial charge < -0.3 is 9.72 Å². The van der Waals surface area contributed by atoms with Crippen LogP contribution in [0.25, 0.3) is 44.3 Å². The lowest BCUT2D eigenvalue weighted by Gasteiger charge is -2.12. The van der Waals surface area contributed by atoms with Crippen LogP contribution in [0.4, 0.5) is 0 Å². The Morgan fingerprint density at radius 1 is 1.03 bits per heavy atom. The molecule has 0 atom stereocenters. The van der Waals surface area contributed by atoms with Crippen molar-refractivity contribution < 1.29 is 9.53 Å². The summed E-state index contributed by atoms with van der Waals surface area (Å²) in [7, 11) is 1.23. The molecular weight excluding hydrogens is 416 g/mol. The van der Waals surface area contributed by atoms with Crippen molar-refractivity contribution in [3.05, 3.63) is 81.7 Å². The van der Waals surface area contributed by atoms with Crippen molar-refractivity contribution in [2.75, 3.05) is 7.11 Å². The zero-order valence-corrected chi connectivity index (χ0v) is 17.0. The number of H-pyrrole nitrogens is 2. The molecule has 0 amide bonds. The van der Waals surface area contributed by atoms with Crippen LogP contribution >= 0.6 is 11.6 Å². The maximum atomic E-state index is 12.4. The van der Waals surface area contributed by atoms with Crippen LogP contribution in [0.5, 0.6) is 0 Å². The number of hydrogen-bond acceptors (Lipinski definition) is 5. The summed E-state index contributed by atoms with van der Waals surface area (Å²) in [6.45, 7) is 0. The second kappa shape index (κ2) is 7.37. The fraction of sp³-hybridized carbons (Fsp3) is 0.0435. The summed E-state index contributed by atoms with van der Waals surface area (Å²) in [5.41, 5.74) is 3.66. The number of aromatic amines is 2. The average molecular weight is 431 g/mol. The van der Waals surface area contributed by atoms with Crippen molar-refractivity contribution in [2.24, 2.45) is 0 Å². The Labute approximate surface area is 180 Å². The van der Waals surface area contributed by atoms with E-state index in [-0.39, 0.29) is 5.56 Å². The number of carbonyl (C=O) groups excluding carboxylic acids is 1. The van der Waals surface area contributed by atoms with Gasteiger partial charge in [0.15, 0.2) is 0 Å². The van der Waals surface area contributed by atoms with Gasteiger partial charge in [0, 0.05) is 21.9 Å². The molecule has 2 aromatic carbocycles. The van der Waals surface area contributed by atoms with Gasteiger partial charge in [0.1, 0.15) is 11.2 Å². The van der Waals surface area contributed by atoms with Crippen LogP contribution < -0.4 is 5.56 Å². The molecule has 0 bridgehead atoms. The molecule has 5 aromatic rings. The van der Waals surface area contributed by atoms with E-state index in [1.165, 1.54) is 13.2 Å². The number of hydrogen-bond donors (Lipinski definition) is 2. The smallest absolute Gasteiger partial charge is 0.343 e. The van der Waals surface area contributed by atoms with Gasteiger partial charge >= 0.3 is 5.97 Å². The van der Waals surface area contributed by atoms with Gasteiger partial charge in [-0.3, -0.25) is 9.89 Å². The standard InChI is InChI=1S/C23H15ClN4O3/c1-31-23(30)17-9-14-8-16(13-7-15-11-25-28-20(15)18(24)10-13)19(12-5-3-2-4-6-12)26-21(14)27-22(17)29/h2-11H,1H3,(H,25,28)(H,26,27,29). The number of aromatic nitrogens is 4. The lowest BCUT2D eigenvalue weighted by atomic mass is 9.97. The number of nitrogens with zero attached hydrogens (tertiary/aromatic N) is 2. The van der Waals surface area contributed by atoms with Crippen molar-refractivity contribution in [1.82, 2.24) is 20.2 Å². The van der Waals surface area contributed by atoms with Gasteiger partial charge in [-0.1, -0.05) is 41.9 Å². The summed E-state index contributed by atoms with van der Waals surface area (Å²) < 4.78 is 4.72. The normalized spacial score (nSPS) is 11.2. The summed E-state index contributed by atoms with van der Waals surface area (Å²) >= 11 is 6.48. The lowest BCUT2D eigenvalue weighted by molar-refractivity contribution is 0.0599. The molecule has 0 spiro atoms. The molecule has 0 saturated carbocycles. The van der Waals surface area contributed by atoms with E-state index >= 15 is 0 Å². The monoisotopic (exact) mass is 430 g/mol. The first-order valence-electron chi connectivity index (χ1n) is 9.40. The first-order chi connectivity index (χ1) is 15.0. The van der Waals surface area contributed by atoms with Crippen LogP contribution in [0, 0.1) is 0 Å².